The molecule has 0 aliphatic carbocycles. The summed E-state index contributed by atoms with van der Waals surface area (Å²) in [5.41, 5.74) is 3.43. The van der Waals surface area contributed by atoms with Crippen LogP contribution in [-0.2, 0) is 0 Å². The van der Waals surface area contributed by atoms with Crippen molar-refractivity contribution < 1.29 is 4.79 Å². The van der Waals surface area contributed by atoms with Crippen LogP contribution in [0.4, 0.5) is 11.4 Å². The number of ketones is 1. The van der Waals surface area contributed by atoms with E-state index in [1.165, 1.54) is 11.3 Å². The summed E-state index contributed by atoms with van der Waals surface area (Å²) >= 11 is 13.9. The molecule has 0 saturated heterocycles. The number of anilines is 2. The quantitative estimate of drug-likeness (QED) is 0.517. The molecule has 0 saturated carbocycles. The maximum atomic E-state index is 12.6. The Morgan fingerprint density at radius 1 is 1.00 bits per heavy atom. The SMILES string of the molecule is Cc1cc(Cl)c(C(=O)c2ccc(Nc3ccccc3C)cc2Cl)s1. The van der Waals surface area contributed by atoms with Crippen molar-refractivity contribution in [2.45, 2.75) is 13.8 Å². The van der Waals surface area contributed by atoms with Gasteiger partial charge in [-0.25, -0.2) is 0 Å². The summed E-state index contributed by atoms with van der Waals surface area (Å²) in [6.07, 6.45) is 0. The van der Waals surface area contributed by atoms with Crippen molar-refractivity contribution in [3.05, 3.63) is 79.5 Å². The molecule has 0 radical (unpaired) electrons. The zero-order valence-electron chi connectivity index (χ0n) is 13.2. The number of aryl methyl sites for hydroxylation is 2. The van der Waals surface area contributed by atoms with E-state index in [0.29, 0.717) is 20.5 Å². The number of para-hydroxylation sites is 1. The number of nitrogens with one attached hydrogen (secondary N) is 1. The van der Waals surface area contributed by atoms with Crippen LogP contribution in [-0.4, -0.2) is 5.78 Å². The molecule has 0 bridgehead atoms. The molecule has 122 valence electrons. The molecule has 1 N–H and O–H groups in total. The van der Waals surface area contributed by atoms with Crippen LogP contribution in [0.25, 0.3) is 0 Å². The Kier molecular flexibility index (Phi) is 4.95. The third kappa shape index (κ3) is 3.48. The summed E-state index contributed by atoms with van der Waals surface area (Å²) < 4.78 is 0. The molecule has 3 rings (SSSR count). The zero-order valence-corrected chi connectivity index (χ0v) is 15.5. The van der Waals surface area contributed by atoms with Gasteiger partial charge in [0, 0.05) is 21.8 Å². The van der Waals surface area contributed by atoms with Gasteiger partial charge in [0.05, 0.1) is 14.9 Å². The van der Waals surface area contributed by atoms with Crippen LogP contribution >= 0.6 is 34.5 Å². The van der Waals surface area contributed by atoms with E-state index in [0.717, 1.165) is 21.8 Å². The van der Waals surface area contributed by atoms with E-state index >= 15 is 0 Å². The molecule has 0 spiro atoms. The van der Waals surface area contributed by atoms with Crippen LogP contribution < -0.4 is 5.32 Å². The fraction of sp³-hybridized carbons (Fsp3) is 0.105. The van der Waals surface area contributed by atoms with Gasteiger partial charge in [0.1, 0.15) is 0 Å². The van der Waals surface area contributed by atoms with Crippen LogP contribution in [0.3, 0.4) is 0 Å². The van der Waals surface area contributed by atoms with Crippen molar-refractivity contribution in [1.29, 1.82) is 0 Å². The second-order valence-corrected chi connectivity index (χ2v) is 7.57. The summed E-state index contributed by atoms with van der Waals surface area (Å²) in [7, 11) is 0. The molecule has 24 heavy (non-hydrogen) atoms. The topological polar surface area (TPSA) is 29.1 Å². The summed E-state index contributed by atoms with van der Waals surface area (Å²) in [6.45, 7) is 3.95. The minimum Gasteiger partial charge on any atom is -0.355 e. The Morgan fingerprint density at radius 2 is 1.75 bits per heavy atom. The number of thiophene rings is 1. The van der Waals surface area contributed by atoms with Gasteiger partial charge in [0.15, 0.2) is 0 Å². The first kappa shape index (κ1) is 17.0. The van der Waals surface area contributed by atoms with Crippen molar-refractivity contribution in [3.8, 4) is 0 Å². The number of rotatable bonds is 4. The summed E-state index contributed by atoms with van der Waals surface area (Å²) in [5, 5.41) is 4.19. The van der Waals surface area contributed by atoms with E-state index in [-0.39, 0.29) is 5.78 Å². The number of hydrogen-bond acceptors (Lipinski definition) is 3. The molecular weight excluding hydrogens is 361 g/mol. The molecule has 3 aromatic rings. The normalized spacial score (nSPS) is 10.7. The third-order valence-electron chi connectivity index (χ3n) is 3.65. The molecule has 5 heteroatoms. The third-order valence-corrected chi connectivity index (χ3v) is 5.43. The largest absolute Gasteiger partial charge is 0.355 e. The zero-order chi connectivity index (χ0) is 17.3. The maximum Gasteiger partial charge on any atom is 0.205 e. The van der Waals surface area contributed by atoms with Gasteiger partial charge in [0.2, 0.25) is 5.78 Å². The standard InChI is InChI=1S/C19H15Cl2NOS/c1-11-5-3-4-6-17(11)22-13-7-8-14(15(20)10-13)18(23)19-16(21)9-12(2)24-19/h3-10,22H,1-2H3. The highest BCUT2D eigenvalue weighted by Gasteiger charge is 2.18. The van der Waals surface area contributed by atoms with Crippen molar-refractivity contribution in [2.24, 2.45) is 0 Å². The van der Waals surface area contributed by atoms with Gasteiger partial charge < -0.3 is 5.32 Å². The number of benzene rings is 2. The Hall–Kier alpha value is -1.81. The van der Waals surface area contributed by atoms with Crippen LogP contribution in [0.1, 0.15) is 25.7 Å². The number of carbonyl (C=O) groups is 1. The number of halogens is 2. The van der Waals surface area contributed by atoms with Crippen LogP contribution in [0.15, 0.2) is 48.5 Å². The van der Waals surface area contributed by atoms with E-state index < -0.39 is 0 Å². The number of carbonyl (C=O) groups excluding carboxylic acids is 1. The van der Waals surface area contributed by atoms with E-state index in [2.05, 4.69) is 5.32 Å². The van der Waals surface area contributed by atoms with E-state index in [9.17, 15) is 4.79 Å². The molecule has 1 heterocycles. The highest BCUT2D eigenvalue weighted by atomic mass is 35.5. The van der Waals surface area contributed by atoms with Gasteiger partial charge in [-0.2, -0.15) is 0 Å². The van der Waals surface area contributed by atoms with Gasteiger partial charge in [-0.1, -0.05) is 41.4 Å². The molecule has 2 aromatic carbocycles. The Bertz CT molecular complexity index is 917. The van der Waals surface area contributed by atoms with E-state index in [4.69, 9.17) is 23.2 Å². The summed E-state index contributed by atoms with van der Waals surface area (Å²) in [5.74, 6) is -0.148. The summed E-state index contributed by atoms with van der Waals surface area (Å²) in [6, 6.07) is 15.1. The lowest BCUT2D eigenvalue weighted by molar-refractivity contribution is 0.104. The number of hydrogen-bond donors (Lipinski definition) is 1. The highest BCUT2D eigenvalue weighted by molar-refractivity contribution is 7.14. The molecule has 1 aromatic heterocycles. The first-order valence-corrected chi connectivity index (χ1v) is 8.96. The lowest BCUT2D eigenvalue weighted by Crippen LogP contribution is -2.01. The average molecular weight is 376 g/mol. The molecule has 0 aliphatic rings. The average Bonchev–Trinajstić information content (AvgIpc) is 2.88. The van der Waals surface area contributed by atoms with E-state index in [1.54, 1.807) is 18.2 Å². The minimum absolute atomic E-state index is 0.148. The van der Waals surface area contributed by atoms with Gasteiger partial charge >= 0.3 is 0 Å². The second-order valence-electron chi connectivity index (χ2n) is 5.50. The predicted molar refractivity (Wildman–Crippen MR) is 103 cm³/mol. The molecule has 0 unspecified atom stereocenters. The van der Waals surface area contributed by atoms with Crippen molar-refractivity contribution in [1.82, 2.24) is 0 Å². The van der Waals surface area contributed by atoms with Gasteiger partial charge in [-0.15, -0.1) is 11.3 Å². The van der Waals surface area contributed by atoms with Gasteiger partial charge in [-0.3, -0.25) is 4.79 Å². The predicted octanol–water partition coefficient (Wildman–Crippen LogP) is 6.65. The molecule has 0 atom stereocenters. The first-order valence-electron chi connectivity index (χ1n) is 7.38. The van der Waals surface area contributed by atoms with Crippen LogP contribution in [0.5, 0.6) is 0 Å². The Labute approximate surface area is 155 Å². The van der Waals surface area contributed by atoms with Crippen molar-refractivity contribution >= 4 is 51.7 Å². The van der Waals surface area contributed by atoms with Crippen molar-refractivity contribution in [3.63, 3.8) is 0 Å². The van der Waals surface area contributed by atoms with Crippen molar-refractivity contribution in [2.75, 3.05) is 5.32 Å². The Morgan fingerprint density at radius 3 is 2.38 bits per heavy atom. The van der Waals surface area contributed by atoms with Crippen LogP contribution in [0.2, 0.25) is 10.0 Å². The molecular formula is C19H15Cl2NOS. The second kappa shape index (κ2) is 6.98. The molecule has 0 fully saturated rings. The Balaban J connectivity index is 1.89. The molecule has 2 nitrogen and oxygen atoms in total. The first-order chi connectivity index (χ1) is 11.5. The van der Waals surface area contributed by atoms with E-state index in [1.807, 2.05) is 44.2 Å². The maximum absolute atomic E-state index is 12.6. The minimum atomic E-state index is -0.148. The van der Waals surface area contributed by atoms with Gasteiger partial charge in [-0.05, 0) is 49.7 Å². The molecule has 0 amide bonds. The lowest BCUT2D eigenvalue weighted by Gasteiger charge is -2.11. The lowest BCUT2D eigenvalue weighted by atomic mass is 10.1. The monoisotopic (exact) mass is 375 g/mol. The highest BCUT2D eigenvalue weighted by Crippen LogP contribution is 2.32. The smallest absolute Gasteiger partial charge is 0.205 e. The fourth-order valence-corrected chi connectivity index (χ4v) is 3.96. The molecule has 0 aliphatic heterocycles. The van der Waals surface area contributed by atoms with Crippen LogP contribution in [0, 0.1) is 13.8 Å². The van der Waals surface area contributed by atoms with Gasteiger partial charge in [0.25, 0.3) is 0 Å². The fourth-order valence-electron chi connectivity index (χ4n) is 2.41. The summed E-state index contributed by atoms with van der Waals surface area (Å²) in [4.78, 5) is 14.2.